The maximum Gasteiger partial charge on any atom is 0.223 e. The van der Waals surface area contributed by atoms with Crippen LogP contribution in [0.15, 0.2) is 49.3 Å². The Hall–Kier alpha value is -2.60. The Bertz CT molecular complexity index is 756. The van der Waals surface area contributed by atoms with Gasteiger partial charge in [-0.3, -0.25) is 4.79 Å². The molecule has 0 unspecified atom stereocenters. The summed E-state index contributed by atoms with van der Waals surface area (Å²) in [6.07, 6.45) is 8.16. The van der Waals surface area contributed by atoms with E-state index in [9.17, 15) is 4.79 Å². The summed E-state index contributed by atoms with van der Waals surface area (Å²) in [4.78, 5) is 14.3. The van der Waals surface area contributed by atoms with Gasteiger partial charge in [-0.15, -0.1) is 6.58 Å². The molecule has 138 valence electrons. The molecular formula is C20H26N4O2. The predicted octanol–water partition coefficient (Wildman–Crippen LogP) is 2.54. The van der Waals surface area contributed by atoms with Gasteiger partial charge in [0.25, 0.3) is 0 Å². The van der Waals surface area contributed by atoms with Crippen LogP contribution in [0.3, 0.4) is 0 Å². The molecule has 1 aliphatic heterocycles. The number of aromatic nitrogens is 2. The second-order valence-electron chi connectivity index (χ2n) is 6.46. The number of rotatable bonds is 9. The summed E-state index contributed by atoms with van der Waals surface area (Å²) in [6.45, 7) is 5.99. The third kappa shape index (κ3) is 4.14. The van der Waals surface area contributed by atoms with Crippen LogP contribution >= 0.6 is 0 Å². The van der Waals surface area contributed by atoms with Gasteiger partial charge in [0.05, 0.1) is 13.3 Å². The molecule has 3 rings (SSSR count). The van der Waals surface area contributed by atoms with Gasteiger partial charge in [-0.2, -0.15) is 5.10 Å². The standard InChI is InChI=1S/C20H26N4O2/c1-3-11-21-12-10-17-8-9-20(25)23(17)14-16-13-22-24(15-16)18-6-4-5-7-19(18)26-2/h3-7,13,15,17,21H,1,8-12,14H2,2H3/t17-/m0/s1. The number of hydrogen-bond acceptors (Lipinski definition) is 4. The Balaban J connectivity index is 1.67. The van der Waals surface area contributed by atoms with Crippen molar-refractivity contribution in [1.82, 2.24) is 20.0 Å². The maximum absolute atomic E-state index is 12.3. The van der Waals surface area contributed by atoms with Crippen LogP contribution in [-0.2, 0) is 11.3 Å². The molecule has 1 aromatic heterocycles. The first-order chi connectivity index (χ1) is 12.7. The lowest BCUT2D eigenvalue weighted by molar-refractivity contribution is -0.129. The van der Waals surface area contributed by atoms with E-state index in [1.807, 2.05) is 47.6 Å². The average Bonchev–Trinajstić information content (AvgIpc) is 3.27. The van der Waals surface area contributed by atoms with Gasteiger partial charge in [0.15, 0.2) is 0 Å². The van der Waals surface area contributed by atoms with Crippen LogP contribution in [0, 0.1) is 0 Å². The van der Waals surface area contributed by atoms with Crippen LogP contribution < -0.4 is 10.1 Å². The lowest BCUT2D eigenvalue weighted by Gasteiger charge is -2.24. The van der Waals surface area contributed by atoms with Gasteiger partial charge in [0, 0.05) is 37.3 Å². The van der Waals surface area contributed by atoms with E-state index in [2.05, 4.69) is 17.0 Å². The Labute approximate surface area is 154 Å². The molecule has 1 saturated heterocycles. The molecule has 2 heterocycles. The van der Waals surface area contributed by atoms with Gasteiger partial charge in [-0.05, 0) is 31.5 Å². The van der Waals surface area contributed by atoms with Gasteiger partial charge < -0.3 is 15.0 Å². The summed E-state index contributed by atoms with van der Waals surface area (Å²) >= 11 is 0. The zero-order valence-electron chi connectivity index (χ0n) is 15.2. The van der Waals surface area contributed by atoms with Gasteiger partial charge in [0.1, 0.15) is 11.4 Å². The van der Waals surface area contributed by atoms with E-state index in [1.165, 1.54) is 0 Å². The number of ether oxygens (including phenoxy) is 1. The third-order valence-corrected chi connectivity index (χ3v) is 4.72. The zero-order valence-corrected chi connectivity index (χ0v) is 15.2. The Morgan fingerprint density at radius 3 is 3.08 bits per heavy atom. The highest BCUT2D eigenvalue weighted by molar-refractivity contribution is 5.78. The molecule has 1 atom stereocenters. The molecule has 0 spiro atoms. The normalized spacial score (nSPS) is 16.9. The minimum atomic E-state index is 0.226. The number of benzene rings is 1. The molecule has 0 aliphatic carbocycles. The first-order valence-corrected chi connectivity index (χ1v) is 9.01. The quantitative estimate of drug-likeness (QED) is 0.555. The molecule has 26 heavy (non-hydrogen) atoms. The molecule has 1 N–H and O–H groups in total. The van der Waals surface area contributed by atoms with Crippen molar-refractivity contribution in [2.24, 2.45) is 0 Å². The van der Waals surface area contributed by atoms with E-state index in [0.29, 0.717) is 13.0 Å². The van der Waals surface area contributed by atoms with Crippen LogP contribution in [0.1, 0.15) is 24.8 Å². The number of likely N-dealkylation sites (tertiary alicyclic amines) is 1. The lowest BCUT2D eigenvalue weighted by atomic mass is 10.1. The number of amides is 1. The Kier molecular flexibility index (Phi) is 6.07. The summed E-state index contributed by atoms with van der Waals surface area (Å²) in [5, 5.41) is 7.76. The zero-order chi connectivity index (χ0) is 18.4. The minimum absolute atomic E-state index is 0.226. The van der Waals surface area contributed by atoms with Crippen molar-refractivity contribution in [2.45, 2.75) is 31.8 Å². The first-order valence-electron chi connectivity index (χ1n) is 9.01. The van der Waals surface area contributed by atoms with Crippen LogP contribution in [0.5, 0.6) is 5.75 Å². The predicted molar refractivity (Wildman–Crippen MR) is 101 cm³/mol. The van der Waals surface area contributed by atoms with E-state index in [-0.39, 0.29) is 11.9 Å². The summed E-state index contributed by atoms with van der Waals surface area (Å²) in [7, 11) is 1.65. The molecule has 1 amide bonds. The second kappa shape index (κ2) is 8.67. The topological polar surface area (TPSA) is 59.4 Å². The fourth-order valence-corrected chi connectivity index (χ4v) is 3.37. The highest BCUT2D eigenvalue weighted by Crippen LogP contribution is 2.25. The lowest BCUT2D eigenvalue weighted by Crippen LogP contribution is -2.34. The van der Waals surface area contributed by atoms with Crippen molar-refractivity contribution < 1.29 is 9.53 Å². The molecule has 6 nitrogen and oxygen atoms in total. The molecule has 2 aromatic rings. The van der Waals surface area contributed by atoms with Gasteiger partial charge >= 0.3 is 0 Å². The third-order valence-electron chi connectivity index (χ3n) is 4.72. The molecule has 1 aliphatic rings. The molecule has 0 saturated carbocycles. The highest BCUT2D eigenvalue weighted by atomic mass is 16.5. The number of para-hydroxylation sites is 2. The number of carbonyl (C=O) groups excluding carboxylic acids is 1. The van der Waals surface area contributed by atoms with Gasteiger partial charge in [0.2, 0.25) is 5.91 Å². The summed E-state index contributed by atoms with van der Waals surface area (Å²) in [5.74, 6) is 0.995. The molecular weight excluding hydrogens is 328 g/mol. The Morgan fingerprint density at radius 2 is 2.27 bits per heavy atom. The van der Waals surface area contributed by atoms with Crippen molar-refractivity contribution in [3.8, 4) is 11.4 Å². The summed E-state index contributed by atoms with van der Waals surface area (Å²) in [6, 6.07) is 8.04. The SMILES string of the molecule is C=CCNCC[C@@H]1CCC(=O)N1Cc1cnn(-c2ccccc2OC)c1. The van der Waals surface area contributed by atoms with Crippen molar-refractivity contribution >= 4 is 5.91 Å². The number of nitrogens with zero attached hydrogens (tertiary/aromatic N) is 3. The number of methoxy groups -OCH3 is 1. The van der Waals surface area contributed by atoms with E-state index in [0.717, 1.165) is 42.9 Å². The van der Waals surface area contributed by atoms with E-state index in [4.69, 9.17) is 4.74 Å². The van der Waals surface area contributed by atoms with E-state index >= 15 is 0 Å². The molecule has 6 heteroatoms. The Morgan fingerprint density at radius 1 is 1.42 bits per heavy atom. The first kappa shape index (κ1) is 18.2. The van der Waals surface area contributed by atoms with E-state index in [1.54, 1.807) is 11.8 Å². The number of carbonyl (C=O) groups is 1. The molecule has 1 fully saturated rings. The smallest absolute Gasteiger partial charge is 0.223 e. The average molecular weight is 354 g/mol. The fourth-order valence-electron chi connectivity index (χ4n) is 3.37. The van der Waals surface area contributed by atoms with Crippen molar-refractivity contribution in [1.29, 1.82) is 0 Å². The monoisotopic (exact) mass is 354 g/mol. The van der Waals surface area contributed by atoms with Crippen molar-refractivity contribution in [2.75, 3.05) is 20.2 Å². The van der Waals surface area contributed by atoms with Gasteiger partial charge in [-0.25, -0.2) is 4.68 Å². The van der Waals surface area contributed by atoms with Crippen molar-refractivity contribution in [3.63, 3.8) is 0 Å². The molecule has 0 radical (unpaired) electrons. The minimum Gasteiger partial charge on any atom is -0.494 e. The molecule has 1 aromatic carbocycles. The second-order valence-corrected chi connectivity index (χ2v) is 6.46. The number of nitrogens with one attached hydrogen (secondary N) is 1. The van der Waals surface area contributed by atoms with Crippen LogP contribution in [0.4, 0.5) is 0 Å². The fraction of sp³-hybridized carbons (Fsp3) is 0.400. The largest absolute Gasteiger partial charge is 0.494 e. The van der Waals surface area contributed by atoms with E-state index < -0.39 is 0 Å². The molecule has 0 bridgehead atoms. The van der Waals surface area contributed by atoms with Crippen molar-refractivity contribution in [3.05, 3.63) is 54.9 Å². The summed E-state index contributed by atoms with van der Waals surface area (Å²) in [5.41, 5.74) is 1.91. The van der Waals surface area contributed by atoms with Crippen LogP contribution in [0.25, 0.3) is 5.69 Å². The summed E-state index contributed by atoms with van der Waals surface area (Å²) < 4.78 is 7.20. The van der Waals surface area contributed by atoms with Crippen LogP contribution in [-0.4, -0.2) is 46.8 Å². The van der Waals surface area contributed by atoms with Gasteiger partial charge in [-0.1, -0.05) is 18.2 Å². The maximum atomic E-state index is 12.3. The highest BCUT2D eigenvalue weighted by Gasteiger charge is 2.30. The van der Waals surface area contributed by atoms with Crippen LogP contribution in [0.2, 0.25) is 0 Å². The number of hydrogen-bond donors (Lipinski definition) is 1.